The van der Waals surface area contributed by atoms with Crippen LogP contribution in [0.4, 0.5) is 0 Å². The maximum atomic E-state index is 10.3. The van der Waals surface area contributed by atoms with Gasteiger partial charge in [-0.2, -0.15) is 0 Å². The second-order valence-electron chi connectivity index (χ2n) is 11.6. The predicted octanol–water partition coefficient (Wildman–Crippen LogP) is 4.22. The minimum absolute atomic E-state index is 0.365. The zero-order valence-corrected chi connectivity index (χ0v) is 19.8. The van der Waals surface area contributed by atoms with Crippen molar-refractivity contribution in [3.05, 3.63) is 35.5 Å². The van der Waals surface area contributed by atoms with E-state index in [9.17, 15) is 15.3 Å². The van der Waals surface area contributed by atoms with Crippen molar-refractivity contribution in [2.45, 2.75) is 89.9 Å². The Morgan fingerprint density at radius 2 is 1.84 bits per heavy atom. The van der Waals surface area contributed by atoms with Gasteiger partial charge in [0.05, 0.1) is 17.8 Å². The summed E-state index contributed by atoms with van der Waals surface area (Å²) in [7, 11) is 0. The predicted molar refractivity (Wildman–Crippen MR) is 126 cm³/mol. The number of nitrogens with zero attached hydrogens (tertiary/aromatic N) is 1. The third-order valence-corrected chi connectivity index (χ3v) is 9.10. The molecule has 4 aliphatic rings. The Morgan fingerprint density at radius 3 is 2.48 bits per heavy atom. The molecule has 3 aliphatic carbocycles. The molecule has 0 aromatic heterocycles. The first-order valence-electron chi connectivity index (χ1n) is 12.5. The van der Waals surface area contributed by atoms with Crippen LogP contribution < -0.4 is 0 Å². The molecule has 3 N–H and O–H groups in total. The lowest BCUT2D eigenvalue weighted by atomic mass is 9.61. The summed E-state index contributed by atoms with van der Waals surface area (Å²) in [5.74, 6) is 2.04. The third-order valence-electron chi connectivity index (χ3n) is 9.10. The van der Waals surface area contributed by atoms with Crippen LogP contribution in [0.2, 0.25) is 0 Å². The van der Waals surface area contributed by atoms with E-state index in [0.29, 0.717) is 35.7 Å². The Hall–Kier alpha value is -0.940. The topological polar surface area (TPSA) is 63.9 Å². The monoisotopic (exact) mass is 429 g/mol. The van der Waals surface area contributed by atoms with Crippen molar-refractivity contribution in [1.82, 2.24) is 4.90 Å². The molecule has 0 spiro atoms. The Morgan fingerprint density at radius 1 is 1.13 bits per heavy atom. The van der Waals surface area contributed by atoms with E-state index in [1.807, 2.05) is 6.92 Å². The van der Waals surface area contributed by atoms with E-state index >= 15 is 0 Å². The molecule has 0 amide bonds. The zero-order valence-electron chi connectivity index (χ0n) is 19.8. The largest absolute Gasteiger partial charge is 0.389 e. The summed E-state index contributed by atoms with van der Waals surface area (Å²) in [5.41, 5.74) is 3.12. The molecule has 31 heavy (non-hydrogen) atoms. The minimum Gasteiger partial charge on any atom is -0.389 e. The van der Waals surface area contributed by atoms with Gasteiger partial charge in [-0.05, 0) is 87.0 Å². The van der Waals surface area contributed by atoms with E-state index in [-0.39, 0.29) is 0 Å². The SMILES string of the molecule is C=C1[C@H](O)CC(=C/C=C2\CCC[C@]3(C)[C@@H](C(C)CN4CC[C@](C)(O)C4)CC[C@@H]23)C[C@@H]1O. The van der Waals surface area contributed by atoms with Crippen molar-refractivity contribution in [1.29, 1.82) is 0 Å². The van der Waals surface area contributed by atoms with Gasteiger partial charge in [0.15, 0.2) is 0 Å². The summed E-state index contributed by atoms with van der Waals surface area (Å²) < 4.78 is 0. The number of aliphatic hydroxyl groups excluding tert-OH is 2. The van der Waals surface area contributed by atoms with Crippen LogP contribution in [0.5, 0.6) is 0 Å². The number of β-amino-alcohol motifs (C(OH)–C–C–N with tert-alkyl or cyclic N) is 1. The van der Waals surface area contributed by atoms with Gasteiger partial charge in [0.1, 0.15) is 0 Å². The molecular weight excluding hydrogens is 386 g/mol. The standard InChI is InChI=1S/C27H43NO3/c1-18(16-28-13-12-26(3,31)17-28)22-9-10-23-21(6-5-11-27(22,23)4)8-7-20-14-24(29)19(2)25(30)15-20/h7-8,18,22-25,29-31H,2,5-6,9-17H2,1,3-4H3/b20-7?,21-8+/t18?,22-,23+,24-,25+,26+,27-/m1/s1. The Bertz CT molecular complexity index is 738. The van der Waals surface area contributed by atoms with Crippen LogP contribution in [-0.2, 0) is 0 Å². The molecule has 1 heterocycles. The van der Waals surface area contributed by atoms with Crippen LogP contribution in [0.1, 0.15) is 72.1 Å². The van der Waals surface area contributed by atoms with Gasteiger partial charge in [0.2, 0.25) is 0 Å². The van der Waals surface area contributed by atoms with Crippen molar-refractivity contribution in [3.8, 4) is 0 Å². The van der Waals surface area contributed by atoms with Crippen molar-refractivity contribution >= 4 is 0 Å². The van der Waals surface area contributed by atoms with E-state index in [2.05, 4.69) is 37.5 Å². The molecule has 0 bridgehead atoms. The van der Waals surface area contributed by atoms with Gasteiger partial charge < -0.3 is 20.2 Å². The highest BCUT2D eigenvalue weighted by atomic mass is 16.3. The van der Waals surface area contributed by atoms with Crippen molar-refractivity contribution in [2.24, 2.45) is 23.2 Å². The third kappa shape index (κ3) is 4.73. The lowest BCUT2D eigenvalue weighted by molar-refractivity contribution is 0.0549. The summed E-state index contributed by atoms with van der Waals surface area (Å²) in [4.78, 5) is 2.47. The van der Waals surface area contributed by atoms with Gasteiger partial charge in [-0.15, -0.1) is 0 Å². The normalized spacial score (nSPS) is 45.4. The number of likely N-dealkylation sites (tertiary alicyclic amines) is 1. The Kier molecular flexibility index (Phi) is 6.58. The van der Waals surface area contributed by atoms with Gasteiger partial charge in [0, 0.05) is 19.6 Å². The highest BCUT2D eigenvalue weighted by Gasteiger charge is 2.51. The van der Waals surface area contributed by atoms with Crippen molar-refractivity contribution in [3.63, 3.8) is 0 Å². The number of hydrogen-bond donors (Lipinski definition) is 3. The molecule has 4 fully saturated rings. The van der Waals surface area contributed by atoms with E-state index in [1.165, 1.54) is 32.1 Å². The lowest BCUT2D eigenvalue weighted by Gasteiger charge is -2.45. The number of allylic oxidation sites excluding steroid dienone is 3. The first-order valence-corrected chi connectivity index (χ1v) is 12.5. The highest BCUT2D eigenvalue weighted by molar-refractivity contribution is 5.29. The van der Waals surface area contributed by atoms with E-state index in [0.717, 1.165) is 37.5 Å². The maximum absolute atomic E-state index is 10.3. The Balaban J connectivity index is 1.44. The average molecular weight is 430 g/mol. The molecule has 0 aromatic carbocycles. The number of rotatable bonds is 4. The van der Waals surface area contributed by atoms with Crippen molar-refractivity contribution < 1.29 is 15.3 Å². The molecule has 1 saturated heterocycles. The van der Waals surface area contributed by atoms with Crippen LogP contribution in [0.25, 0.3) is 0 Å². The second kappa shape index (κ2) is 8.78. The molecule has 4 heteroatoms. The van der Waals surface area contributed by atoms with Gasteiger partial charge in [0.25, 0.3) is 0 Å². The van der Waals surface area contributed by atoms with Crippen molar-refractivity contribution in [2.75, 3.05) is 19.6 Å². The fraction of sp³-hybridized carbons (Fsp3) is 0.778. The molecule has 0 radical (unpaired) electrons. The summed E-state index contributed by atoms with van der Waals surface area (Å²) in [6.07, 6.45) is 11.7. The fourth-order valence-electron chi connectivity index (χ4n) is 7.37. The first kappa shape index (κ1) is 23.2. The highest BCUT2D eigenvalue weighted by Crippen LogP contribution is 2.59. The quantitative estimate of drug-likeness (QED) is 0.586. The Labute approximate surface area is 188 Å². The molecule has 0 aromatic rings. The first-order chi connectivity index (χ1) is 14.6. The van der Waals surface area contributed by atoms with Crippen LogP contribution >= 0.6 is 0 Å². The molecule has 174 valence electrons. The molecular formula is C27H43NO3. The summed E-state index contributed by atoms with van der Waals surface area (Å²) in [6, 6.07) is 0. The van der Waals surface area contributed by atoms with Gasteiger partial charge in [-0.3, -0.25) is 0 Å². The van der Waals surface area contributed by atoms with E-state index in [4.69, 9.17) is 0 Å². The number of aliphatic hydroxyl groups is 3. The molecule has 3 saturated carbocycles. The average Bonchev–Trinajstić information content (AvgIpc) is 3.22. The summed E-state index contributed by atoms with van der Waals surface area (Å²) in [6.45, 7) is 13.7. The van der Waals surface area contributed by atoms with Crippen LogP contribution in [0.3, 0.4) is 0 Å². The van der Waals surface area contributed by atoms with E-state index in [1.54, 1.807) is 5.57 Å². The van der Waals surface area contributed by atoms with Crippen LogP contribution in [0, 0.1) is 23.2 Å². The maximum Gasteiger partial charge on any atom is 0.0809 e. The van der Waals surface area contributed by atoms with Crippen LogP contribution in [-0.4, -0.2) is 57.7 Å². The number of hydrogen-bond acceptors (Lipinski definition) is 4. The van der Waals surface area contributed by atoms with Crippen LogP contribution in [0.15, 0.2) is 35.5 Å². The molecule has 7 atom stereocenters. The van der Waals surface area contributed by atoms with Gasteiger partial charge >= 0.3 is 0 Å². The lowest BCUT2D eigenvalue weighted by Crippen LogP contribution is -2.40. The molecule has 4 nitrogen and oxygen atoms in total. The molecule has 1 aliphatic heterocycles. The van der Waals surface area contributed by atoms with E-state index < -0.39 is 17.8 Å². The number of fused-ring (bicyclic) bond motifs is 1. The second-order valence-corrected chi connectivity index (χ2v) is 11.6. The smallest absolute Gasteiger partial charge is 0.0809 e. The summed E-state index contributed by atoms with van der Waals surface area (Å²) in [5, 5.41) is 30.6. The molecule has 1 unspecified atom stereocenters. The molecule has 4 rings (SSSR count). The summed E-state index contributed by atoms with van der Waals surface area (Å²) >= 11 is 0. The van der Waals surface area contributed by atoms with Gasteiger partial charge in [-0.25, -0.2) is 0 Å². The zero-order chi connectivity index (χ0) is 22.4. The minimum atomic E-state index is -0.618. The van der Waals surface area contributed by atoms with Gasteiger partial charge in [-0.1, -0.05) is 43.7 Å². The fourth-order valence-corrected chi connectivity index (χ4v) is 7.37.